The molecule has 1 amide bonds. The molecule has 140 valence electrons. The molecule has 7 nitrogen and oxygen atoms in total. The number of hydrogen-bond acceptors (Lipinski definition) is 4. The molecular formula is C20H21N3O4. The molecule has 1 aromatic heterocycles. The van der Waals surface area contributed by atoms with Crippen molar-refractivity contribution in [3.8, 4) is 0 Å². The van der Waals surface area contributed by atoms with Gasteiger partial charge in [0.15, 0.2) is 0 Å². The van der Waals surface area contributed by atoms with Crippen LogP contribution in [-0.2, 0) is 17.9 Å². The molecule has 2 aromatic carbocycles. The number of ether oxygens (including phenoxy) is 1. The van der Waals surface area contributed by atoms with Gasteiger partial charge < -0.3 is 15.0 Å². The number of H-pyrrole nitrogens is 1. The van der Waals surface area contributed by atoms with Gasteiger partial charge in [0.25, 0.3) is 11.5 Å². The molecule has 0 unspecified atom stereocenters. The lowest BCUT2D eigenvalue weighted by Crippen LogP contribution is -2.34. The smallest absolute Gasteiger partial charge is 0.328 e. The summed E-state index contributed by atoms with van der Waals surface area (Å²) < 4.78 is 6.54. The van der Waals surface area contributed by atoms with Gasteiger partial charge in [-0.1, -0.05) is 18.2 Å². The van der Waals surface area contributed by atoms with E-state index >= 15 is 0 Å². The van der Waals surface area contributed by atoms with Crippen LogP contribution in [0.3, 0.4) is 0 Å². The fourth-order valence-corrected chi connectivity index (χ4v) is 2.86. The largest absolute Gasteiger partial charge is 0.377 e. The van der Waals surface area contributed by atoms with Crippen molar-refractivity contribution in [2.45, 2.75) is 27.0 Å². The average molecular weight is 367 g/mol. The molecule has 27 heavy (non-hydrogen) atoms. The van der Waals surface area contributed by atoms with E-state index in [1.807, 2.05) is 25.1 Å². The van der Waals surface area contributed by atoms with Crippen molar-refractivity contribution < 1.29 is 9.53 Å². The number of rotatable bonds is 6. The maximum atomic E-state index is 12.6. The van der Waals surface area contributed by atoms with Crippen molar-refractivity contribution in [1.82, 2.24) is 9.55 Å². The number of benzene rings is 2. The first-order valence-electron chi connectivity index (χ1n) is 8.79. The monoisotopic (exact) mass is 367 g/mol. The number of carbonyl (C=O) groups excluding carboxylic acids is 1. The van der Waals surface area contributed by atoms with Gasteiger partial charge in [-0.3, -0.25) is 14.2 Å². The van der Waals surface area contributed by atoms with E-state index in [0.29, 0.717) is 35.4 Å². The SMILES string of the molecule is CCOCc1ccccc1NC(=O)c1ccc2c(=O)n(CC)c(=O)[nH]c2c1. The molecule has 0 saturated heterocycles. The number of anilines is 1. The minimum Gasteiger partial charge on any atom is -0.377 e. The van der Waals surface area contributed by atoms with Gasteiger partial charge in [0.1, 0.15) is 0 Å². The Hall–Kier alpha value is -3.19. The molecule has 7 heteroatoms. The van der Waals surface area contributed by atoms with Crippen molar-refractivity contribution in [2.24, 2.45) is 0 Å². The van der Waals surface area contributed by atoms with Crippen LogP contribution in [0.15, 0.2) is 52.1 Å². The van der Waals surface area contributed by atoms with Gasteiger partial charge >= 0.3 is 5.69 Å². The predicted molar refractivity (Wildman–Crippen MR) is 104 cm³/mol. The molecule has 1 heterocycles. The van der Waals surface area contributed by atoms with E-state index < -0.39 is 5.69 Å². The lowest BCUT2D eigenvalue weighted by molar-refractivity contribution is 0.102. The number of para-hydroxylation sites is 1. The highest BCUT2D eigenvalue weighted by molar-refractivity contribution is 6.06. The Morgan fingerprint density at radius 1 is 1.15 bits per heavy atom. The van der Waals surface area contributed by atoms with Crippen LogP contribution in [0.2, 0.25) is 0 Å². The summed E-state index contributed by atoms with van der Waals surface area (Å²) in [5.74, 6) is -0.332. The van der Waals surface area contributed by atoms with Crippen molar-refractivity contribution in [3.63, 3.8) is 0 Å². The Labute approximate surface area is 155 Å². The molecule has 0 saturated carbocycles. The molecule has 2 N–H and O–H groups in total. The fourth-order valence-electron chi connectivity index (χ4n) is 2.86. The van der Waals surface area contributed by atoms with Gasteiger partial charge in [-0.15, -0.1) is 0 Å². The first kappa shape index (κ1) is 18.6. The van der Waals surface area contributed by atoms with E-state index in [2.05, 4.69) is 10.3 Å². The van der Waals surface area contributed by atoms with Gasteiger partial charge in [0, 0.05) is 30.0 Å². The summed E-state index contributed by atoms with van der Waals surface area (Å²) in [6, 6.07) is 12.0. The number of nitrogens with zero attached hydrogens (tertiary/aromatic N) is 1. The number of amides is 1. The highest BCUT2D eigenvalue weighted by atomic mass is 16.5. The summed E-state index contributed by atoms with van der Waals surface area (Å²) in [6.07, 6.45) is 0. The van der Waals surface area contributed by atoms with E-state index in [9.17, 15) is 14.4 Å². The van der Waals surface area contributed by atoms with Gasteiger partial charge in [-0.2, -0.15) is 0 Å². The molecule has 0 aliphatic rings. The standard InChI is InChI=1S/C20H21N3O4/c1-3-23-19(25)15-10-9-13(11-17(15)22-20(23)26)18(24)21-16-8-6-5-7-14(16)12-27-4-2/h5-11H,3-4,12H2,1-2H3,(H,21,24)(H,22,26). The Kier molecular flexibility index (Phi) is 5.52. The second kappa shape index (κ2) is 8.01. The lowest BCUT2D eigenvalue weighted by Gasteiger charge is -2.11. The summed E-state index contributed by atoms with van der Waals surface area (Å²) in [4.78, 5) is 39.6. The highest BCUT2D eigenvalue weighted by Gasteiger charge is 2.12. The van der Waals surface area contributed by atoms with E-state index in [-0.39, 0.29) is 18.0 Å². The van der Waals surface area contributed by atoms with Crippen LogP contribution >= 0.6 is 0 Å². The molecule has 3 rings (SSSR count). The van der Waals surface area contributed by atoms with E-state index in [0.717, 1.165) is 10.1 Å². The molecule has 0 atom stereocenters. The van der Waals surface area contributed by atoms with Crippen LogP contribution in [0.1, 0.15) is 29.8 Å². The highest BCUT2D eigenvalue weighted by Crippen LogP contribution is 2.18. The third kappa shape index (κ3) is 3.83. The van der Waals surface area contributed by atoms with Gasteiger partial charge in [0.2, 0.25) is 0 Å². The Morgan fingerprint density at radius 3 is 2.67 bits per heavy atom. The van der Waals surface area contributed by atoms with Crippen molar-refractivity contribution in [3.05, 3.63) is 74.4 Å². The summed E-state index contributed by atoms with van der Waals surface area (Å²) in [5, 5.41) is 3.22. The normalized spacial score (nSPS) is 10.9. The average Bonchev–Trinajstić information content (AvgIpc) is 2.67. The van der Waals surface area contributed by atoms with Crippen LogP contribution in [0.4, 0.5) is 5.69 Å². The summed E-state index contributed by atoms with van der Waals surface area (Å²) in [5.41, 5.74) is 1.35. The van der Waals surface area contributed by atoms with Crippen molar-refractivity contribution in [1.29, 1.82) is 0 Å². The number of hydrogen-bond donors (Lipinski definition) is 2. The Morgan fingerprint density at radius 2 is 1.93 bits per heavy atom. The van der Waals surface area contributed by atoms with Gasteiger partial charge in [0.05, 0.1) is 17.5 Å². The maximum absolute atomic E-state index is 12.6. The van der Waals surface area contributed by atoms with Crippen LogP contribution in [0, 0.1) is 0 Å². The minimum atomic E-state index is -0.491. The van der Waals surface area contributed by atoms with E-state index in [1.165, 1.54) is 6.07 Å². The predicted octanol–water partition coefficient (Wildman–Crippen LogP) is 2.50. The number of aromatic amines is 1. The molecule has 0 bridgehead atoms. The zero-order chi connectivity index (χ0) is 19.4. The Balaban J connectivity index is 1.93. The molecule has 0 radical (unpaired) electrons. The molecule has 0 fully saturated rings. The summed E-state index contributed by atoms with van der Waals surface area (Å²) in [7, 11) is 0. The molecule has 0 spiro atoms. The third-order valence-corrected chi connectivity index (χ3v) is 4.29. The van der Waals surface area contributed by atoms with Gasteiger partial charge in [-0.05, 0) is 38.1 Å². The van der Waals surface area contributed by atoms with E-state index in [1.54, 1.807) is 25.1 Å². The number of aromatic nitrogens is 2. The first-order chi connectivity index (χ1) is 13.0. The van der Waals surface area contributed by atoms with Gasteiger partial charge in [-0.25, -0.2) is 4.79 Å². The second-order valence-electron chi connectivity index (χ2n) is 5.99. The maximum Gasteiger partial charge on any atom is 0.328 e. The topological polar surface area (TPSA) is 93.2 Å². The van der Waals surface area contributed by atoms with Crippen LogP contribution in [0.25, 0.3) is 10.9 Å². The Bertz CT molecular complexity index is 1100. The second-order valence-corrected chi connectivity index (χ2v) is 5.99. The van der Waals surface area contributed by atoms with E-state index in [4.69, 9.17) is 4.74 Å². The van der Waals surface area contributed by atoms with Crippen LogP contribution in [0.5, 0.6) is 0 Å². The quantitative estimate of drug-likeness (QED) is 0.700. The lowest BCUT2D eigenvalue weighted by atomic mass is 10.1. The number of carbonyl (C=O) groups is 1. The molecule has 0 aliphatic carbocycles. The summed E-state index contributed by atoms with van der Waals surface area (Å²) >= 11 is 0. The minimum absolute atomic E-state index is 0.281. The fraction of sp³-hybridized carbons (Fsp3) is 0.250. The number of fused-ring (bicyclic) bond motifs is 1. The van der Waals surface area contributed by atoms with Crippen molar-refractivity contribution in [2.75, 3.05) is 11.9 Å². The number of nitrogens with one attached hydrogen (secondary N) is 2. The van der Waals surface area contributed by atoms with Crippen LogP contribution in [-0.4, -0.2) is 22.1 Å². The first-order valence-corrected chi connectivity index (χ1v) is 8.79. The zero-order valence-corrected chi connectivity index (χ0v) is 15.2. The summed E-state index contributed by atoms with van der Waals surface area (Å²) in [6.45, 7) is 4.89. The molecule has 0 aliphatic heterocycles. The molecular weight excluding hydrogens is 346 g/mol. The molecule has 3 aromatic rings. The van der Waals surface area contributed by atoms with Crippen molar-refractivity contribution >= 4 is 22.5 Å². The third-order valence-electron chi connectivity index (χ3n) is 4.29. The zero-order valence-electron chi connectivity index (χ0n) is 15.2. The van der Waals surface area contributed by atoms with Crippen LogP contribution < -0.4 is 16.6 Å².